The first-order valence-corrected chi connectivity index (χ1v) is 7.84. The van der Waals surface area contributed by atoms with Gasteiger partial charge in [0, 0.05) is 20.2 Å². The third-order valence-electron chi connectivity index (χ3n) is 3.69. The monoisotopic (exact) mass is 293 g/mol. The van der Waals surface area contributed by atoms with Gasteiger partial charge in [-0.15, -0.1) is 0 Å². The highest BCUT2D eigenvalue weighted by molar-refractivity contribution is 5.35. The van der Waals surface area contributed by atoms with Crippen LogP contribution in [-0.2, 0) is 4.74 Å². The van der Waals surface area contributed by atoms with Crippen LogP contribution in [-0.4, -0.2) is 33.4 Å². The van der Waals surface area contributed by atoms with Crippen LogP contribution in [0.4, 0.5) is 0 Å². The van der Waals surface area contributed by atoms with Gasteiger partial charge in [-0.25, -0.2) is 0 Å². The predicted octanol–water partition coefficient (Wildman–Crippen LogP) is 3.72. The maximum Gasteiger partial charge on any atom is 0.122 e. The summed E-state index contributed by atoms with van der Waals surface area (Å²) in [6, 6.07) is 6.36. The molecule has 0 saturated heterocycles. The van der Waals surface area contributed by atoms with Crippen LogP contribution >= 0.6 is 0 Å². The van der Waals surface area contributed by atoms with Gasteiger partial charge in [0.1, 0.15) is 5.75 Å². The van der Waals surface area contributed by atoms with Crippen molar-refractivity contribution in [2.75, 3.05) is 33.4 Å². The number of ether oxygens (including phenoxy) is 2. The minimum absolute atomic E-state index is 0.290. The number of rotatable bonds is 10. The molecule has 0 aliphatic carbocycles. The van der Waals surface area contributed by atoms with E-state index in [4.69, 9.17) is 9.47 Å². The Balaban J connectivity index is 2.24. The van der Waals surface area contributed by atoms with E-state index in [-0.39, 0.29) is 0 Å². The lowest BCUT2D eigenvalue weighted by Gasteiger charge is -2.25. The highest BCUT2D eigenvalue weighted by atomic mass is 16.5. The third-order valence-corrected chi connectivity index (χ3v) is 3.69. The van der Waals surface area contributed by atoms with Gasteiger partial charge in [0.2, 0.25) is 0 Å². The fourth-order valence-corrected chi connectivity index (χ4v) is 2.29. The summed E-state index contributed by atoms with van der Waals surface area (Å²) in [4.78, 5) is 0. The lowest BCUT2D eigenvalue weighted by atomic mass is 9.88. The zero-order valence-corrected chi connectivity index (χ0v) is 14.3. The van der Waals surface area contributed by atoms with Crippen LogP contribution in [0.5, 0.6) is 5.75 Å². The van der Waals surface area contributed by atoms with Crippen LogP contribution in [0.25, 0.3) is 0 Å². The second-order valence-electron chi connectivity index (χ2n) is 6.55. The molecule has 0 bridgehead atoms. The number of hydrogen-bond donors (Lipinski definition) is 1. The lowest BCUT2D eigenvalue weighted by molar-refractivity contribution is 0.190. The number of hydrogen-bond acceptors (Lipinski definition) is 3. The maximum absolute atomic E-state index is 5.92. The smallest absolute Gasteiger partial charge is 0.122 e. The largest absolute Gasteiger partial charge is 0.493 e. The topological polar surface area (TPSA) is 30.5 Å². The Labute approximate surface area is 130 Å². The van der Waals surface area contributed by atoms with E-state index in [9.17, 15) is 0 Å². The predicted molar refractivity (Wildman–Crippen MR) is 89.2 cm³/mol. The van der Waals surface area contributed by atoms with Crippen molar-refractivity contribution in [3.05, 3.63) is 29.3 Å². The molecule has 3 nitrogen and oxygen atoms in total. The van der Waals surface area contributed by atoms with Crippen molar-refractivity contribution in [3.8, 4) is 5.75 Å². The summed E-state index contributed by atoms with van der Waals surface area (Å²) in [7, 11) is 1.73. The fourth-order valence-electron chi connectivity index (χ4n) is 2.29. The average molecular weight is 293 g/mol. The molecule has 1 aromatic carbocycles. The zero-order chi connectivity index (χ0) is 15.7. The molecule has 0 saturated carbocycles. The second-order valence-corrected chi connectivity index (χ2v) is 6.55. The number of aryl methyl sites for hydroxylation is 2. The highest BCUT2D eigenvalue weighted by Crippen LogP contribution is 2.23. The van der Waals surface area contributed by atoms with Crippen molar-refractivity contribution in [1.82, 2.24) is 5.32 Å². The van der Waals surface area contributed by atoms with Crippen LogP contribution in [0.15, 0.2) is 18.2 Å². The molecule has 0 aromatic heterocycles. The summed E-state index contributed by atoms with van der Waals surface area (Å²) in [5.41, 5.74) is 2.75. The van der Waals surface area contributed by atoms with E-state index < -0.39 is 0 Å². The molecule has 0 radical (unpaired) electrons. The summed E-state index contributed by atoms with van der Waals surface area (Å²) in [6.45, 7) is 12.3. The number of benzene rings is 1. The molecule has 1 N–H and O–H groups in total. The fraction of sp³-hybridized carbons (Fsp3) is 0.667. The molecule has 120 valence electrons. The van der Waals surface area contributed by atoms with E-state index in [1.54, 1.807) is 7.11 Å². The molecule has 1 rings (SSSR count). The second kappa shape index (κ2) is 9.06. The standard InChI is InChI=1S/C18H31NO2/c1-15-7-8-16(2)17(13-15)21-11-6-9-18(3,4)14-19-10-12-20-5/h7-8,13,19H,6,9-12,14H2,1-5H3. The quantitative estimate of drug-likeness (QED) is 0.667. The summed E-state index contributed by atoms with van der Waals surface area (Å²) < 4.78 is 11.0. The summed E-state index contributed by atoms with van der Waals surface area (Å²) in [5, 5.41) is 3.44. The Morgan fingerprint density at radius 2 is 1.90 bits per heavy atom. The molecule has 0 heterocycles. The van der Waals surface area contributed by atoms with Crippen molar-refractivity contribution >= 4 is 0 Å². The third kappa shape index (κ3) is 7.49. The van der Waals surface area contributed by atoms with Crippen LogP contribution < -0.4 is 10.1 Å². The van der Waals surface area contributed by atoms with Gasteiger partial charge in [-0.2, -0.15) is 0 Å². The number of nitrogens with one attached hydrogen (secondary N) is 1. The minimum Gasteiger partial charge on any atom is -0.493 e. The summed E-state index contributed by atoms with van der Waals surface area (Å²) >= 11 is 0. The van der Waals surface area contributed by atoms with Gasteiger partial charge >= 0.3 is 0 Å². The minimum atomic E-state index is 0.290. The van der Waals surface area contributed by atoms with Crippen molar-refractivity contribution in [2.45, 2.75) is 40.5 Å². The van der Waals surface area contributed by atoms with Gasteiger partial charge in [-0.1, -0.05) is 26.0 Å². The Bertz CT molecular complexity index is 416. The average Bonchev–Trinajstić information content (AvgIpc) is 2.43. The van der Waals surface area contributed by atoms with E-state index in [0.29, 0.717) is 5.41 Å². The van der Waals surface area contributed by atoms with Gasteiger partial charge in [0.15, 0.2) is 0 Å². The van der Waals surface area contributed by atoms with Crippen LogP contribution in [0.3, 0.4) is 0 Å². The highest BCUT2D eigenvalue weighted by Gasteiger charge is 2.16. The molecular formula is C18H31NO2. The van der Waals surface area contributed by atoms with Gasteiger partial charge < -0.3 is 14.8 Å². The number of methoxy groups -OCH3 is 1. The molecule has 1 aromatic rings. The molecule has 0 atom stereocenters. The molecule has 21 heavy (non-hydrogen) atoms. The van der Waals surface area contributed by atoms with Crippen LogP contribution in [0, 0.1) is 19.3 Å². The maximum atomic E-state index is 5.92. The Morgan fingerprint density at radius 1 is 1.14 bits per heavy atom. The Kier molecular flexibility index (Phi) is 7.76. The van der Waals surface area contributed by atoms with Crippen molar-refractivity contribution in [3.63, 3.8) is 0 Å². The summed E-state index contributed by atoms with van der Waals surface area (Å²) in [6.07, 6.45) is 2.23. The van der Waals surface area contributed by atoms with Crippen LogP contribution in [0.1, 0.15) is 37.8 Å². The van der Waals surface area contributed by atoms with Gasteiger partial charge in [0.05, 0.1) is 13.2 Å². The zero-order valence-electron chi connectivity index (χ0n) is 14.3. The van der Waals surface area contributed by atoms with E-state index in [2.05, 4.69) is 51.2 Å². The molecule has 3 heteroatoms. The molecule has 0 unspecified atom stereocenters. The van der Waals surface area contributed by atoms with Gasteiger partial charge in [-0.05, 0) is 49.3 Å². The normalized spacial score (nSPS) is 11.7. The molecule has 0 aliphatic heterocycles. The van der Waals surface area contributed by atoms with Crippen molar-refractivity contribution < 1.29 is 9.47 Å². The Morgan fingerprint density at radius 3 is 2.62 bits per heavy atom. The first kappa shape index (κ1) is 18.0. The molecule has 0 aliphatic rings. The van der Waals surface area contributed by atoms with Gasteiger partial charge in [0.25, 0.3) is 0 Å². The molecular weight excluding hydrogens is 262 g/mol. The molecule has 0 spiro atoms. The van der Waals surface area contributed by atoms with E-state index >= 15 is 0 Å². The van der Waals surface area contributed by atoms with E-state index in [1.807, 2.05) is 0 Å². The van der Waals surface area contributed by atoms with Crippen molar-refractivity contribution in [1.29, 1.82) is 0 Å². The van der Waals surface area contributed by atoms with Crippen molar-refractivity contribution in [2.24, 2.45) is 5.41 Å². The first-order valence-electron chi connectivity index (χ1n) is 7.84. The SMILES string of the molecule is COCCNCC(C)(C)CCCOc1cc(C)ccc1C. The molecule has 0 amide bonds. The lowest BCUT2D eigenvalue weighted by Crippen LogP contribution is -2.31. The van der Waals surface area contributed by atoms with Crippen LogP contribution in [0.2, 0.25) is 0 Å². The Hall–Kier alpha value is -1.06. The van der Waals surface area contributed by atoms with E-state index in [1.165, 1.54) is 11.1 Å². The van der Waals surface area contributed by atoms with E-state index in [0.717, 1.165) is 44.9 Å². The first-order chi connectivity index (χ1) is 9.94. The molecule has 0 fully saturated rings. The summed E-state index contributed by atoms with van der Waals surface area (Å²) in [5.74, 6) is 1.02. The van der Waals surface area contributed by atoms with Gasteiger partial charge in [-0.3, -0.25) is 0 Å².